The number of fused-ring (bicyclic) bond motifs is 1. The molecule has 2 heterocycles. The van der Waals surface area contributed by atoms with E-state index in [4.69, 9.17) is 5.73 Å². The van der Waals surface area contributed by atoms with Gasteiger partial charge < -0.3 is 26.0 Å². The second-order valence-corrected chi connectivity index (χ2v) is 9.54. The molecule has 8 nitrogen and oxygen atoms in total. The Kier molecular flexibility index (Phi) is 6.50. The fourth-order valence-corrected chi connectivity index (χ4v) is 5.27. The Hall–Kier alpha value is -4.07. The molecule has 36 heavy (non-hydrogen) atoms. The van der Waals surface area contributed by atoms with E-state index in [2.05, 4.69) is 10.2 Å². The first-order valence-corrected chi connectivity index (χ1v) is 12.4. The molecule has 186 valence electrons. The molecule has 0 aromatic heterocycles. The van der Waals surface area contributed by atoms with Crippen molar-refractivity contribution in [3.63, 3.8) is 0 Å². The molecule has 4 N–H and O–H groups in total. The van der Waals surface area contributed by atoms with Gasteiger partial charge in [0.1, 0.15) is 11.8 Å². The zero-order chi connectivity index (χ0) is 25.2. The molecule has 0 bridgehead atoms. The summed E-state index contributed by atoms with van der Waals surface area (Å²) in [6, 6.07) is 17.8. The minimum Gasteiger partial charge on any atom is -0.506 e. The normalized spacial score (nSPS) is 18.4. The molecule has 3 aromatic carbocycles. The van der Waals surface area contributed by atoms with Crippen LogP contribution in [0.15, 0.2) is 60.7 Å². The quantitative estimate of drug-likeness (QED) is 0.511. The first-order valence-electron chi connectivity index (χ1n) is 12.4. The van der Waals surface area contributed by atoms with E-state index in [0.717, 1.165) is 43.4 Å². The zero-order valence-corrected chi connectivity index (χ0v) is 20.0. The number of nitrogens with one attached hydrogen (secondary N) is 1. The molecule has 0 saturated carbocycles. The number of hydrogen-bond acceptors (Lipinski definition) is 5. The summed E-state index contributed by atoms with van der Waals surface area (Å²) in [6.07, 6.45) is 2.77. The van der Waals surface area contributed by atoms with Gasteiger partial charge in [0, 0.05) is 42.3 Å². The molecule has 0 spiro atoms. The SMILES string of the molecule is NC(=O)C1CCN(c2ccc(NC(=O)C3CCCN3C(=O)c3ccc4ccccc4c3O)cc2)CC1. The molecule has 3 amide bonds. The van der Waals surface area contributed by atoms with E-state index < -0.39 is 6.04 Å². The third kappa shape index (κ3) is 4.58. The predicted octanol–water partition coefficient (Wildman–Crippen LogP) is 3.49. The highest BCUT2D eigenvalue weighted by Gasteiger charge is 2.35. The van der Waals surface area contributed by atoms with Gasteiger partial charge in [-0.25, -0.2) is 0 Å². The minimum atomic E-state index is -0.601. The number of nitrogens with two attached hydrogens (primary N) is 1. The fraction of sp³-hybridized carbons (Fsp3) is 0.321. The Morgan fingerprint density at radius 3 is 2.33 bits per heavy atom. The summed E-state index contributed by atoms with van der Waals surface area (Å²) in [5, 5.41) is 15.1. The number of phenols is 1. The molecule has 5 rings (SSSR count). The van der Waals surface area contributed by atoms with E-state index in [-0.39, 0.29) is 35.0 Å². The smallest absolute Gasteiger partial charge is 0.258 e. The Labute approximate surface area is 209 Å². The molecular formula is C28H30N4O4. The maximum Gasteiger partial charge on any atom is 0.258 e. The van der Waals surface area contributed by atoms with Gasteiger partial charge in [-0.3, -0.25) is 14.4 Å². The van der Waals surface area contributed by atoms with E-state index in [9.17, 15) is 19.5 Å². The number of phenolic OH excluding ortho intramolecular Hbond substituents is 1. The van der Waals surface area contributed by atoms with Gasteiger partial charge in [-0.1, -0.05) is 30.3 Å². The average molecular weight is 487 g/mol. The summed E-state index contributed by atoms with van der Waals surface area (Å²) < 4.78 is 0. The van der Waals surface area contributed by atoms with Gasteiger partial charge in [0.2, 0.25) is 11.8 Å². The lowest BCUT2D eigenvalue weighted by Gasteiger charge is -2.32. The second-order valence-electron chi connectivity index (χ2n) is 9.54. The van der Waals surface area contributed by atoms with Crippen molar-refractivity contribution in [1.29, 1.82) is 0 Å². The molecule has 1 unspecified atom stereocenters. The first-order chi connectivity index (χ1) is 17.4. The van der Waals surface area contributed by atoms with Crippen molar-refractivity contribution in [2.24, 2.45) is 11.7 Å². The average Bonchev–Trinajstić information content (AvgIpc) is 3.40. The molecule has 1 atom stereocenters. The number of carbonyl (C=O) groups is 3. The van der Waals surface area contributed by atoms with Crippen LogP contribution in [0.5, 0.6) is 5.75 Å². The van der Waals surface area contributed by atoms with Crippen LogP contribution in [0.3, 0.4) is 0 Å². The maximum atomic E-state index is 13.3. The lowest BCUT2D eigenvalue weighted by molar-refractivity contribution is -0.122. The summed E-state index contributed by atoms with van der Waals surface area (Å²) >= 11 is 0. The molecule has 8 heteroatoms. The number of benzene rings is 3. The summed E-state index contributed by atoms with van der Waals surface area (Å²) in [5.41, 5.74) is 7.32. The third-order valence-corrected chi connectivity index (χ3v) is 7.34. The van der Waals surface area contributed by atoms with E-state index in [0.29, 0.717) is 24.0 Å². The van der Waals surface area contributed by atoms with Gasteiger partial charge >= 0.3 is 0 Å². The number of anilines is 2. The van der Waals surface area contributed by atoms with E-state index >= 15 is 0 Å². The van der Waals surface area contributed by atoms with Crippen LogP contribution < -0.4 is 16.0 Å². The summed E-state index contributed by atoms with van der Waals surface area (Å²) in [5.74, 6) is -0.933. The van der Waals surface area contributed by atoms with Gasteiger partial charge in [-0.2, -0.15) is 0 Å². The Morgan fingerprint density at radius 2 is 1.61 bits per heavy atom. The van der Waals surface area contributed by atoms with Crippen LogP contribution in [0, 0.1) is 5.92 Å². The van der Waals surface area contributed by atoms with Crippen molar-refractivity contribution >= 4 is 39.9 Å². The van der Waals surface area contributed by atoms with Crippen molar-refractivity contribution in [2.75, 3.05) is 29.9 Å². The minimum absolute atomic E-state index is 0.0559. The first kappa shape index (κ1) is 23.7. The van der Waals surface area contributed by atoms with Crippen LogP contribution in [0.2, 0.25) is 0 Å². The maximum absolute atomic E-state index is 13.3. The Bertz CT molecular complexity index is 1300. The standard InChI is InChI=1S/C28H30N4O4/c29-26(34)19-13-16-31(17-14-19)21-10-8-20(9-11-21)30-27(35)24-6-3-15-32(24)28(36)23-12-7-18-4-1-2-5-22(18)25(23)33/h1-2,4-5,7-12,19,24,33H,3,6,13-17H2,(H2,29,34)(H,30,35). The number of amides is 3. The van der Waals surface area contributed by atoms with Crippen LogP contribution in [-0.4, -0.2) is 53.4 Å². The van der Waals surface area contributed by atoms with E-state index in [1.165, 1.54) is 0 Å². The summed E-state index contributed by atoms with van der Waals surface area (Å²) in [4.78, 5) is 41.6. The number of aromatic hydroxyl groups is 1. The van der Waals surface area contributed by atoms with Gasteiger partial charge in [-0.15, -0.1) is 0 Å². The molecule has 3 aromatic rings. The van der Waals surface area contributed by atoms with Crippen LogP contribution in [0.1, 0.15) is 36.0 Å². The molecule has 0 aliphatic carbocycles. The highest BCUT2D eigenvalue weighted by atomic mass is 16.3. The largest absolute Gasteiger partial charge is 0.506 e. The molecule has 2 saturated heterocycles. The predicted molar refractivity (Wildman–Crippen MR) is 139 cm³/mol. The van der Waals surface area contributed by atoms with Gasteiger partial charge in [0.25, 0.3) is 5.91 Å². The molecule has 2 aliphatic rings. The molecule has 2 aliphatic heterocycles. The van der Waals surface area contributed by atoms with Crippen LogP contribution in [-0.2, 0) is 9.59 Å². The van der Waals surface area contributed by atoms with Crippen LogP contribution in [0.4, 0.5) is 11.4 Å². The Balaban J connectivity index is 1.25. The second kappa shape index (κ2) is 9.89. The number of carbonyl (C=O) groups excluding carboxylic acids is 3. The highest BCUT2D eigenvalue weighted by molar-refractivity contribution is 6.06. The fourth-order valence-electron chi connectivity index (χ4n) is 5.27. The summed E-state index contributed by atoms with van der Waals surface area (Å²) in [6.45, 7) is 1.99. The Morgan fingerprint density at radius 1 is 0.889 bits per heavy atom. The van der Waals surface area contributed by atoms with Crippen LogP contribution >= 0.6 is 0 Å². The van der Waals surface area contributed by atoms with Gasteiger partial charge in [-0.05, 0) is 61.4 Å². The molecule has 2 fully saturated rings. The lowest BCUT2D eigenvalue weighted by Crippen LogP contribution is -2.43. The monoisotopic (exact) mass is 486 g/mol. The molecule has 0 radical (unpaired) electrons. The number of rotatable bonds is 5. The topological polar surface area (TPSA) is 116 Å². The highest BCUT2D eigenvalue weighted by Crippen LogP contribution is 2.32. The van der Waals surface area contributed by atoms with Crippen molar-refractivity contribution in [3.05, 3.63) is 66.2 Å². The van der Waals surface area contributed by atoms with Gasteiger partial charge in [0.05, 0.1) is 5.56 Å². The van der Waals surface area contributed by atoms with Crippen molar-refractivity contribution in [3.8, 4) is 5.75 Å². The molecular weight excluding hydrogens is 456 g/mol. The number of likely N-dealkylation sites (tertiary alicyclic amines) is 1. The van der Waals surface area contributed by atoms with Gasteiger partial charge in [0.15, 0.2) is 0 Å². The lowest BCUT2D eigenvalue weighted by atomic mass is 9.96. The number of nitrogens with zero attached hydrogens (tertiary/aromatic N) is 2. The van der Waals surface area contributed by atoms with Crippen molar-refractivity contribution in [1.82, 2.24) is 4.90 Å². The third-order valence-electron chi connectivity index (χ3n) is 7.34. The van der Waals surface area contributed by atoms with E-state index in [1.54, 1.807) is 17.0 Å². The number of hydrogen-bond donors (Lipinski definition) is 3. The van der Waals surface area contributed by atoms with E-state index in [1.807, 2.05) is 48.5 Å². The van der Waals surface area contributed by atoms with Crippen molar-refractivity contribution < 1.29 is 19.5 Å². The number of piperidine rings is 1. The zero-order valence-electron chi connectivity index (χ0n) is 20.0. The van der Waals surface area contributed by atoms with Crippen LogP contribution in [0.25, 0.3) is 10.8 Å². The van der Waals surface area contributed by atoms with Crippen molar-refractivity contribution in [2.45, 2.75) is 31.7 Å². The summed E-state index contributed by atoms with van der Waals surface area (Å²) in [7, 11) is 0. The number of primary amides is 1.